The van der Waals surface area contributed by atoms with Crippen LogP contribution in [-0.2, 0) is 11.2 Å². The van der Waals surface area contributed by atoms with Crippen LogP contribution >= 0.6 is 0 Å². The zero-order valence-corrected chi connectivity index (χ0v) is 17.8. The van der Waals surface area contributed by atoms with Crippen LogP contribution in [0, 0.1) is 17.0 Å². The lowest BCUT2D eigenvalue weighted by Crippen LogP contribution is -2.46. The van der Waals surface area contributed by atoms with Gasteiger partial charge in [-0.3, -0.25) is 19.7 Å². The molecule has 8 nitrogen and oxygen atoms in total. The van der Waals surface area contributed by atoms with Crippen LogP contribution in [0.2, 0.25) is 0 Å². The molecule has 1 fully saturated rings. The van der Waals surface area contributed by atoms with Crippen LogP contribution in [0.15, 0.2) is 42.5 Å². The molecule has 3 rings (SSSR count). The topological polar surface area (TPSA) is 102 Å². The van der Waals surface area contributed by atoms with E-state index in [0.29, 0.717) is 30.6 Å². The van der Waals surface area contributed by atoms with Crippen LogP contribution in [0.3, 0.4) is 0 Å². The second-order valence-corrected chi connectivity index (χ2v) is 7.66. The summed E-state index contributed by atoms with van der Waals surface area (Å²) in [6.07, 6.45) is 2.99. The number of ether oxygens (including phenoxy) is 1. The summed E-state index contributed by atoms with van der Waals surface area (Å²) in [6, 6.07) is 11.6. The van der Waals surface area contributed by atoms with Crippen molar-refractivity contribution in [3.8, 4) is 5.75 Å². The van der Waals surface area contributed by atoms with Crippen molar-refractivity contribution >= 4 is 17.5 Å². The minimum Gasteiger partial charge on any atom is -0.497 e. The Bertz CT molecular complexity index is 958. The van der Waals surface area contributed by atoms with Crippen molar-refractivity contribution in [3.05, 3.63) is 69.3 Å². The number of nitrogens with one attached hydrogen (secondary N) is 1. The number of carbonyl (C=O) groups excluding carboxylic acids is 2. The Morgan fingerprint density at radius 3 is 2.61 bits per heavy atom. The highest BCUT2D eigenvalue weighted by molar-refractivity contribution is 5.98. The second kappa shape index (κ2) is 10.1. The van der Waals surface area contributed by atoms with E-state index in [2.05, 4.69) is 5.32 Å². The van der Waals surface area contributed by atoms with Crippen LogP contribution in [0.1, 0.15) is 40.7 Å². The second-order valence-electron chi connectivity index (χ2n) is 7.66. The maximum atomic E-state index is 12.9. The highest BCUT2D eigenvalue weighted by atomic mass is 16.6. The summed E-state index contributed by atoms with van der Waals surface area (Å²) in [7, 11) is 1.63. The predicted molar refractivity (Wildman–Crippen MR) is 116 cm³/mol. The molecular formula is C23H27N3O5. The van der Waals surface area contributed by atoms with E-state index in [1.165, 1.54) is 23.8 Å². The minimum atomic E-state index is -0.510. The van der Waals surface area contributed by atoms with Gasteiger partial charge in [0.15, 0.2) is 0 Å². The third-order valence-electron chi connectivity index (χ3n) is 5.56. The summed E-state index contributed by atoms with van der Waals surface area (Å²) in [5.41, 5.74) is 1.93. The molecule has 1 saturated heterocycles. The molecule has 1 heterocycles. The van der Waals surface area contributed by atoms with Crippen molar-refractivity contribution < 1.29 is 19.2 Å². The first-order valence-electron chi connectivity index (χ1n) is 10.4. The highest BCUT2D eigenvalue weighted by Gasteiger charge is 2.34. The third kappa shape index (κ3) is 5.39. The molecule has 1 unspecified atom stereocenters. The summed E-state index contributed by atoms with van der Waals surface area (Å²) < 4.78 is 5.15. The molecule has 0 radical (unpaired) electrons. The van der Waals surface area contributed by atoms with E-state index >= 15 is 0 Å². The minimum absolute atomic E-state index is 0.0240. The van der Waals surface area contributed by atoms with Gasteiger partial charge in [0.2, 0.25) is 5.91 Å². The predicted octanol–water partition coefficient (Wildman–Crippen LogP) is 3.27. The fourth-order valence-corrected chi connectivity index (χ4v) is 3.86. The van der Waals surface area contributed by atoms with Gasteiger partial charge in [0.1, 0.15) is 11.8 Å². The summed E-state index contributed by atoms with van der Waals surface area (Å²) in [5.74, 6) is 0.388. The van der Waals surface area contributed by atoms with Crippen LogP contribution in [-0.4, -0.2) is 47.9 Å². The standard InChI is InChI=1S/C23H27N3O5/c1-16-15-18(9-12-20(16)26(29)30)23(28)25-14-4-6-21(25)22(27)24-13-3-5-17-7-10-19(31-2)11-8-17/h7-12,15,21H,3-6,13-14H2,1-2H3,(H,24,27). The van der Waals surface area contributed by atoms with Gasteiger partial charge in [0.05, 0.1) is 12.0 Å². The van der Waals surface area contributed by atoms with Crippen LogP contribution in [0.5, 0.6) is 5.75 Å². The molecule has 8 heteroatoms. The average molecular weight is 425 g/mol. The SMILES string of the molecule is COc1ccc(CCCNC(=O)C2CCCN2C(=O)c2ccc([N+](=O)[O-])c(C)c2)cc1. The van der Waals surface area contributed by atoms with Gasteiger partial charge in [-0.25, -0.2) is 0 Å². The zero-order chi connectivity index (χ0) is 22.4. The molecule has 0 aromatic heterocycles. The molecule has 1 N–H and O–H groups in total. The lowest BCUT2D eigenvalue weighted by Gasteiger charge is -2.24. The molecule has 164 valence electrons. The largest absolute Gasteiger partial charge is 0.497 e. The van der Waals surface area contributed by atoms with Crippen LogP contribution in [0.25, 0.3) is 0 Å². The maximum Gasteiger partial charge on any atom is 0.272 e. The number of nitro groups is 1. The number of methoxy groups -OCH3 is 1. The van der Waals surface area contributed by atoms with Gasteiger partial charge in [0, 0.05) is 30.3 Å². The smallest absolute Gasteiger partial charge is 0.272 e. The van der Waals surface area contributed by atoms with Gasteiger partial charge < -0.3 is 15.0 Å². The van der Waals surface area contributed by atoms with E-state index in [4.69, 9.17) is 4.74 Å². The number of nitro benzene ring substituents is 1. The molecule has 0 aliphatic carbocycles. The molecule has 1 aliphatic heterocycles. The molecule has 2 aromatic carbocycles. The Morgan fingerprint density at radius 2 is 1.97 bits per heavy atom. The number of hydrogen-bond donors (Lipinski definition) is 1. The van der Waals surface area contributed by atoms with Gasteiger partial charge >= 0.3 is 0 Å². The first-order chi connectivity index (χ1) is 14.9. The van der Waals surface area contributed by atoms with Crippen molar-refractivity contribution in [1.29, 1.82) is 0 Å². The fraction of sp³-hybridized carbons (Fsp3) is 0.391. The molecule has 0 spiro atoms. The zero-order valence-electron chi connectivity index (χ0n) is 17.8. The Hall–Kier alpha value is -3.42. The van der Waals surface area contributed by atoms with Crippen molar-refractivity contribution in [3.63, 3.8) is 0 Å². The number of hydrogen-bond acceptors (Lipinski definition) is 5. The van der Waals surface area contributed by atoms with Crippen molar-refractivity contribution in [2.24, 2.45) is 0 Å². The van der Waals surface area contributed by atoms with E-state index in [-0.39, 0.29) is 17.5 Å². The maximum absolute atomic E-state index is 12.9. The average Bonchev–Trinajstić information content (AvgIpc) is 3.26. The molecule has 2 amide bonds. The highest BCUT2D eigenvalue weighted by Crippen LogP contribution is 2.24. The van der Waals surface area contributed by atoms with Crippen LogP contribution < -0.4 is 10.1 Å². The number of amides is 2. The normalized spacial score (nSPS) is 15.5. The van der Waals surface area contributed by atoms with Crippen molar-refractivity contribution in [1.82, 2.24) is 10.2 Å². The quantitative estimate of drug-likeness (QED) is 0.397. The van der Waals surface area contributed by atoms with E-state index in [1.807, 2.05) is 24.3 Å². The van der Waals surface area contributed by atoms with Crippen molar-refractivity contribution in [2.75, 3.05) is 20.2 Å². The first-order valence-corrected chi connectivity index (χ1v) is 10.4. The number of nitrogens with zero attached hydrogens (tertiary/aromatic N) is 2. The Balaban J connectivity index is 1.54. The number of likely N-dealkylation sites (tertiary alicyclic amines) is 1. The van der Waals surface area contributed by atoms with E-state index < -0.39 is 11.0 Å². The van der Waals surface area contributed by atoms with Crippen molar-refractivity contribution in [2.45, 2.75) is 38.6 Å². The Labute approximate surface area is 181 Å². The van der Waals surface area contributed by atoms with Gasteiger partial charge in [-0.15, -0.1) is 0 Å². The number of rotatable bonds is 8. The third-order valence-corrected chi connectivity index (χ3v) is 5.56. The summed E-state index contributed by atoms with van der Waals surface area (Å²) in [4.78, 5) is 37.7. The molecule has 31 heavy (non-hydrogen) atoms. The van der Waals surface area contributed by atoms with E-state index in [0.717, 1.165) is 25.0 Å². The summed E-state index contributed by atoms with van der Waals surface area (Å²) in [5, 5.41) is 13.9. The lowest BCUT2D eigenvalue weighted by molar-refractivity contribution is -0.385. The van der Waals surface area contributed by atoms with Gasteiger partial charge in [0.25, 0.3) is 11.6 Å². The summed E-state index contributed by atoms with van der Waals surface area (Å²) in [6.45, 7) is 2.63. The first kappa shape index (κ1) is 22.3. The molecule has 1 atom stereocenters. The van der Waals surface area contributed by atoms with Gasteiger partial charge in [-0.1, -0.05) is 12.1 Å². The molecule has 2 aromatic rings. The number of carbonyl (C=O) groups is 2. The van der Waals surface area contributed by atoms with E-state index in [9.17, 15) is 19.7 Å². The van der Waals surface area contributed by atoms with Crippen LogP contribution in [0.4, 0.5) is 5.69 Å². The van der Waals surface area contributed by atoms with Gasteiger partial charge in [-0.05, 0) is 62.4 Å². The lowest BCUT2D eigenvalue weighted by atomic mass is 10.1. The Morgan fingerprint density at radius 1 is 1.23 bits per heavy atom. The van der Waals surface area contributed by atoms with Gasteiger partial charge in [-0.2, -0.15) is 0 Å². The molecule has 0 bridgehead atoms. The molecule has 0 saturated carbocycles. The van der Waals surface area contributed by atoms with E-state index in [1.54, 1.807) is 18.9 Å². The monoisotopic (exact) mass is 425 g/mol. The molecule has 1 aliphatic rings. The summed E-state index contributed by atoms with van der Waals surface area (Å²) >= 11 is 0. The molecular weight excluding hydrogens is 398 g/mol. The fourth-order valence-electron chi connectivity index (χ4n) is 3.86. The number of benzene rings is 2. The number of aryl methyl sites for hydroxylation is 2. The Kier molecular flexibility index (Phi) is 7.23.